The third-order valence-corrected chi connectivity index (χ3v) is 3.64. The molecular formula is C17H22ClN5O. The second-order valence-corrected chi connectivity index (χ2v) is 6.20. The molecule has 2 rings (SSSR count). The molecule has 0 radical (unpaired) electrons. The number of benzene rings is 1. The van der Waals surface area contributed by atoms with E-state index in [1.54, 1.807) is 24.4 Å². The van der Waals surface area contributed by atoms with Crippen LogP contribution in [0.15, 0.2) is 30.5 Å². The molecule has 1 amide bonds. The van der Waals surface area contributed by atoms with Crippen molar-refractivity contribution in [1.29, 1.82) is 0 Å². The van der Waals surface area contributed by atoms with Crippen LogP contribution in [0, 0.1) is 6.92 Å². The average Bonchev–Trinajstić information content (AvgIpc) is 2.55. The van der Waals surface area contributed by atoms with Crippen molar-refractivity contribution >= 4 is 29.1 Å². The van der Waals surface area contributed by atoms with Crippen molar-refractivity contribution in [1.82, 2.24) is 14.9 Å². The molecule has 0 atom stereocenters. The van der Waals surface area contributed by atoms with Crippen LogP contribution in [-0.4, -0.2) is 48.0 Å². The Bertz CT molecular complexity index is 705. The third kappa shape index (κ3) is 5.47. The van der Waals surface area contributed by atoms with Gasteiger partial charge in [0.15, 0.2) is 0 Å². The van der Waals surface area contributed by atoms with Crippen LogP contribution in [0.3, 0.4) is 0 Å². The fourth-order valence-corrected chi connectivity index (χ4v) is 2.25. The van der Waals surface area contributed by atoms with Crippen LogP contribution < -0.4 is 10.6 Å². The quantitative estimate of drug-likeness (QED) is 0.753. The molecule has 0 aliphatic rings. The Morgan fingerprint density at radius 2 is 2.08 bits per heavy atom. The van der Waals surface area contributed by atoms with Gasteiger partial charge in [-0.2, -0.15) is 0 Å². The lowest BCUT2D eigenvalue weighted by molar-refractivity contribution is 0.102. The molecule has 0 aliphatic carbocycles. The Morgan fingerprint density at radius 3 is 2.83 bits per heavy atom. The molecule has 2 aromatic rings. The van der Waals surface area contributed by atoms with Gasteiger partial charge in [-0.05, 0) is 57.7 Å². The molecule has 128 valence electrons. The van der Waals surface area contributed by atoms with E-state index in [1.807, 2.05) is 27.1 Å². The number of hydrogen-bond acceptors (Lipinski definition) is 5. The molecule has 0 unspecified atom stereocenters. The number of nitrogens with zero attached hydrogens (tertiary/aromatic N) is 3. The lowest BCUT2D eigenvalue weighted by Gasteiger charge is -2.11. The normalized spacial score (nSPS) is 10.7. The van der Waals surface area contributed by atoms with Crippen LogP contribution in [0.25, 0.3) is 0 Å². The Kier molecular flexibility index (Phi) is 6.52. The molecule has 0 fully saturated rings. The van der Waals surface area contributed by atoms with Crippen LogP contribution in [-0.2, 0) is 0 Å². The lowest BCUT2D eigenvalue weighted by Crippen LogP contribution is -2.18. The Labute approximate surface area is 147 Å². The number of anilines is 2. The molecule has 0 saturated carbocycles. The van der Waals surface area contributed by atoms with Crippen molar-refractivity contribution < 1.29 is 4.79 Å². The molecule has 1 aromatic carbocycles. The summed E-state index contributed by atoms with van der Waals surface area (Å²) in [5, 5.41) is 6.53. The number of carbonyl (C=O) groups is 1. The Hall–Kier alpha value is -2.18. The minimum absolute atomic E-state index is 0.292. The van der Waals surface area contributed by atoms with Gasteiger partial charge >= 0.3 is 0 Å². The summed E-state index contributed by atoms with van der Waals surface area (Å²) in [6.45, 7) is 3.63. The van der Waals surface area contributed by atoms with E-state index < -0.39 is 0 Å². The van der Waals surface area contributed by atoms with Crippen molar-refractivity contribution in [2.45, 2.75) is 13.3 Å². The van der Waals surface area contributed by atoms with Gasteiger partial charge in [-0.3, -0.25) is 4.79 Å². The van der Waals surface area contributed by atoms with E-state index in [9.17, 15) is 4.79 Å². The Balaban J connectivity index is 1.99. The first-order chi connectivity index (χ1) is 11.5. The standard InChI is InChI=1S/C17H22ClN5O/c1-12-5-6-13(18)11-15(12)21-16(24)14-7-9-20-17(22-14)19-8-4-10-23(2)3/h5-7,9,11H,4,8,10H2,1-3H3,(H,21,24)(H,19,20,22). The zero-order valence-electron chi connectivity index (χ0n) is 14.1. The maximum absolute atomic E-state index is 12.4. The molecule has 0 saturated heterocycles. The minimum Gasteiger partial charge on any atom is -0.354 e. The van der Waals surface area contributed by atoms with Gasteiger partial charge in [0.25, 0.3) is 5.91 Å². The van der Waals surface area contributed by atoms with Gasteiger partial charge in [-0.1, -0.05) is 17.7 Å². The van der Waals surface area contributed by atoms with Crippen molar-refractivity contribution in [3.05, 3.63) is 46.7 Å². The molecule has 7 heteroatoms. The van der Waals surface area contributed by atoms with Crippen LogP contribution in [0.1, 0.15) is 22.5 Å². The largest absolute Gasteiger partial charge is 0.354 e. The van der Waals surface area contributed by atoms with Crippen LogP contribution in [0.4, 0.5) is 11.6 Å². The maximum Gasteiger partial charge on any atom is 0.274 e. The fraction of sp³-hybridized carbons (Fsp3) is 0.353. The first kappa shape index (κ1) is 18.2. The number of halogens is 1. The number of rotatable bonds is 7. The second kappa shape index (κ2) is 8.61. The van der Waals surface area contributed by atoms with E-state index in [1.165, 1.54) is 0 Å². The van der Waals surface area contributed by atoms with Gasteiger partial charge < -0.3 is 15.5 Å². The molecule has 24 heavy (non-hydrogen) atoms. The highest BCUT2D eigenvalue weighted by molar-refractivity contribution is 6.31. The number of amides is 1. The highest BCUT2D eigenvalue weighted by atomic mass is 35.5. The number of hydrogen-bond donors (Lipinski definition) is 2. The van der Waals surface area contributed by atoms with Crippen LogP contribution in [0.5, 0.6) is 0 Å². The van der Waals surface area contributed by atoms with Gasteiger partial charge in [0.2, 0.25) is 5.95 Å². The SMILES string of the molecule is Cc1ccc(Cl)cc1NC(=O)c1ccnc(NCCCN(C)C)n1. The van der Waals surface area contributed by atoms with E-state index in [4.69, 9.17) is 11.6 Å². The summed E-state index contributed by atoms with van der Waals surface area (Å²) in [6, 6.07) is 6.94. The highest BCUT2D eigenvalue weighted by Gasteiger charge is 2.11. The van der Waals surface area contributed by atoms with Crippen LogP contribution >= 0.6 is 11.6 Å². The molecule has 1 aromatic heterocycles. The smallest absolute Gasteiger partial charge is 0.274 e. The molecule has 0 bridgehead atoms. The summed E-state index contributed by atoms with van der Waals surface area (Å²) in [7, 11) is 4.05. The first-order valence-electron chi connectivity index (χ1n) is 7.75. The van der Waals surface area contributed by atoms with Crippen molar-refractivity contribution in [3.8, 4) is 0 Å². The number of carbonyl (C=O) groups excluding carboxylic acids is 1. The van der Waals surface area contributed by atoms with Gasteiger partial charge in [-0.15, -0.1) is 0 Å². The van der Waals surface area contributed by atoms with Gasteiger partial charge in [-0.25, -0.2) is 9.97 Å². The second-order valence-electron chi connectivity index (χ2n) is 5.76. The summed E-state index contributed by atoms with van der Waals surface area (Å²) < 4.78 is 0. The minimum atomic E-state index is -0.292. The predicted molar refractivity (Wildman–Crippen MR) is 97.8 cm³/mol. The predicted octanol–water partition coefficient (Wildman–Crippen LogP) is 3.05. The third-order valence-electron chi connectivity index (χ3n) is 3.40. The van der Waals surface area contributed by atoms with E-state index in [0.717, 1.165) is 25.1 Å². The van der Waals surface area contributed by atoms with Gasteiger partial charge in [0, 0.05) is 23.5 Å². The monoisotopic (exact) mass is 347 g/mol. The summed E-state index contributed by atoms with van der Waals surface area (Å²) in [4.78, 5) is 22.9. The molecule has 6 nitrogen and oxygen atoms in total. The summed E-state index contributed by atoms with van der Waals surface area (Å²) in [6.07, 6.45) is 2.54. The Morgan fingerprint density at radius 1 is 1.29 bits per heavy atom. The number of aromatic nitrogens is 2. The lowest BCUT2D eigenvalue weighted by atomic mass is 10.2. The number of nitrogens with one attached hydrogen (secondary N) is 2. The topological polar surface area (TPSA) is 70.2 Å². The van der Waals surface area contributed by atoms with E-state index >= 15 is 0 Å². The molecule has 2 N–H and O–H groups in total. The zero-order chi connectivity index (χ0) is 17.5. The van der Waals surface area contributed by atoms with E-state index in [-0.39, 0.29) is 5.91 Å². The van der Waals surface area contributed by atoms with E-state index in [0.29, 0.717) is 22.4 Å². The molecular weight excluding hydrogens is 326 g/mol. The first-order valence-corrected chi connectivity index (χ1v) is 8.12. The summed E-state index contributed by atoms with van der Waals surface area (Å²) in [5.74, 6) is 0.156. The highest BCUT2D eigenvalue weighted by Crippen LogP contribution is 2.20. The van der Waals surface area contributed by atoms with E-state index in [2.05, 4.69) is 25.5 Å². The fourth-order valence-electron chi connectivity index (χ4n) is 2.08. The number of aryl methyl sites for hydroxylation is 1. The van der Waals surface area contributed by atoms with Crippen LogP contribution in [0.2, 0.25) is 5.02 Å². The summed E-state index contributed by atoms with van der Waals surface area (Å²) >= 11 is 5.97. The maximum atomic E-state index is 12.4. The molecule has 1 heterocycles. The molecule has 0 aliphatic heterocycles. The summed E-state index contributed by atoms with van der Waals surface area (Å²) in [5.41, 5.74) is 1.91. The van der Waals surface area contributed by atoms with Crippen molar-refractivity contribution in [2.75, 3.05) is 37.8 Å². The van der Waals surface area contributed by atoms with Crippen molar-refractivity contribution in [2.24, 2.45) is 0 Å². The van der Waals surface area contributed by atoms with Crippen molar-refractivity contribution in [3.63, 3.8) is 0 Å². The molecule has 0 spiro atoms. The zero-order valence-corrected chi connectivity index (χ0v) is 14.9. The van der Waals surface area contributed by atoms with Gasteiger partial charge in [0.05, 0.1) is 0 Å². The average molecular weight is 348 g/mol. The van der Waals surface area contributed by atoms with Gasteiger partial charge in [0.1, 0.15) is 5.69 Å².